The molecule has 1 unspecified atom stereocenters. The molecule has 1 aromatic carbocycles. The minimum atomic E-state index is -3.40. The molecule has 6 nitrogen and oxygen atoms in total. The van der Waals surface area contributed by atoms with Crippen molar-refractivity contribution in [1.29, 1.82) is 0 Å². The molecule has 2 bridgehead atoms. The normalized spacial score (nSPS) is 23.9. The van der Waals surface area contributed by atoms with E-state index in [4.69, 9.17) is 4.74 Å². The Hall–Kier alpha value is -1.86. The minimum Gasteiger partial charge on any atom is -0.490 e. The highest BCUT2D eigenvalue weighted by Gasteiger charge is 2.43. The van der Waals surface area contributed by atoms with Crippen LogP contribution < -0.4 is 4.74 Å². The molecule has 1 aromatic heterocycles. The lowest BCUT2D eigenvalue weighted by Gasteiger charge is -2.38. The van der Waals surface area contributed by atoms with Crippen molar-refractivity contribution < 1.29 is 13.2 Å². The summed E-state index contributed by atoms with van der Waals surface area (Å²) in [4.78, 5) is 2.56. The first-order chi connectivity index (χ1) is 14.9. The highest BCUT2D eigenvalue weighted by Crippen LogP contribution is 2.38. The summed E-state index contributed by atoms with van der Waals surface area (Å²) in [6, 6.07) is 9.06. The third-order valence-corrected chi connectivity index (χ3v) is 8.69. The molecule has 3 atom stereocenters. The Kier molecular flexibility index (Phi) is 6.72. The first kappa shape index (κ1) is 22.3. The summed E-state index contributed by atoms with van der Waals surface area (Å²) in [6.07, 6.45) is 8.88. The van der Waals surface area contributed by atoms with Crippen molar-refractivity contribution in [2.45, 2.75) is 95.2 Å². The van der Waals surface area contributed by atoms with Crippen LogP contribution in [0.1, 0.15) is 68.8 Å². The number of piperidine rings is 1. The van der Waals surface area contributed by atoms with Crippen LogP contribution in [-0.2, 0) is 16.3 Å². The summed E-state index contributed by atoms with van der Waals surface area (Å²) in [5, 5.41) is 6.88. The average molecular weight is 446 g/mol. The SMILES string of the molecule is CCCCCc1ccc(OC2C[C@H]3CC[C@@H](C2)N3CS(=O)(=O)c2c(C)n[nH]c2C)cc1. The standard InChI is InChI=1S/C24H35N3O3S/c1-4-5-6-7-19-8-12-22(13-9-19)30-23-14-20-10-11-21(15-23)27(20)16-31(28,29)24-17(2)25-26-18(24)3/h8-9,12-13,20-21,23H,4-7,10-11,14-16H2,1-3H3,(H,25,26)/t20-,21+,23?. The summed E-state index contributed by atoms with van der Waals surface area (Å²) < 4.78 is 32.5. The Balaban J connectivity index is 1.36. The van der Waals surface area contributed by atoms with Crippen molar-refractivity contribution in [1.82, 2.24) is 15.1 Å². The monoisotopic (exact) mass is 445 g/mol. The van der Waals surface area contributed by atoms with Gasteiger partial charge in [-0.05, 0) is 70.1 Å². The van der Waals surface area contributed by atoms with Gasteiger partial charge in [0.25, 0.3) is 0 Å². The van der Waals surface area contributed by atoms with Crippen molar-refractivity contribution in [3.63, 3.8) is 0 Å². The molecule has 2 aliphatic rings. The Bertz CT molecular complexity index is 950. The zero-order chi connectivity index (χ0) is 22.0. The lowest BCUT2D eigenvalue weighted by atomic mass is 10.0. The molecule has 0 aliphatic carbocycles. The van der Waals surface area contributed by atoms with Gasteiger partial charge in [-0.2, -0.15) is 5.10 Å². The molecular formula is C24H35N3O3S. The summed E-state index contributed by atoms with van der Waals surface area (Å²) in [6.45, 7) is 5.75. The molecule has 7 heteroatoms. The second-order valence-corrected chi connectivity index (χ2v) is 11.1. The smallest absolute Gasteiger partial charge is 0.195 e. The maximum atomic E-state index is 13.1. The van der Waals surface area contributed by atoms with E-state index in [9.17, 15) is 8.42 Å². The maximum Gasteiger partial charge on any atom is 0.195 e. The van der Waals surface area contributed by atoms with Crippen LogP contribution in [0.4, 0.5) is 0 Å². The van der Waals surface area contributed by atoms with Crippen molar-refractivity contribution in [3.8, 4) is 5.75 Å². The van der Waals surface area contributed by atoms with E-state index in [1.807, 2.05) is 0 Å². The molecule has 1 N–H and O–H groups in total. The number of hydrogen-bond acceptors (Lipinski definition) is 5. The second kappa shape index (κ2) is 9.33. The van der Waals surface area contributed by atoms with Gasteiger partial charge >= 0.3 is 0 Å². The van der Waals surface area contributed by atoms with Gasteiger partial charge in [0.1, 0.15) is 22.6 Å². The van der Waals surface area contributed by atoms with Crippen molar-refractivity contribution in [2.75, 3.05) is 5.88 Å². The number of nitrogens with zero attached hydrogens (tertiary/aromatic N) is 2. The van der Waals surface area contributed by atoms with Crippen LogP contribution in [0.15, 0.2) is 29.2 Å². The lowest BCUT2D eigenvalue weighted by Crippen LogP contribution is -2.48. The van der Waals surface area contributed by atoms with Crippen LogP contribution in [0.5, 0.6) is 5.75 Å². The van der Waals surface area contributed by atoms with Gasteiger partial charge in [0.2, 0.25) is 0 Å². The Morgan fingerprint density at radius 3 is 2.35 bits per heavy atom. The molecular weight excluding hydrogens is 410 g/mol. The predicted octanol–water partition coefficient (Wildman–Crippen LogP) is 4.56. The third-order valence-electron chi connectivity index (χ3n) is 6.83. The fourth-order valence-electron chi connectivity index (χ4n) is 5.30. The molecule has 0 spiro atoms. The average Bonchev–Trinajstić information content (AvgIpc) is 3.17. The highest BCUT2D eigenvalue weighted by atomic mass is 32.2. The topological polar surface area (TPSA) is 75.3 Å². The van der Waals surface area contributed by atoms with Crippen molar-refractivity contribution in [3.05, 3.63) is 41.2 Å². The summed E-state index contributed by atoms with van der Waals surface area (Å²) in [5.74, 6) is 0.997. The third kappa shape index (κ3) is 4.98. The summed E-state index contributed by atoms with van der Waals surface area (Å²) in [7, 11) is -3.40. The number of aryl methyl sites for hydroxylation is 3. The molecule has 170 valence electrons. The number of benzene rings is 1. The van der Waals surface area contributed by atoms with Crippen LogP contribution in [0.3, 0.4) is 0 Å². The lowest BCUT2D eigenvalue weighted by molar-refractivity contribution is 0.0609. The fourth-order valence-corrected chi connectivity index (χ4v) is 7.25. The van der Waals surface area contributed by atoms with Gasteiger partial charge in [-0.15, -0.1) is 0 Å². The van der Waals surface area contributed by atoms with Gasteiger partial charge in [0.15, 0.2) is 9.84 Å². The van der Waals surface area contributed by atoms with Crippen LogP contribution in [0.2, 0.25) is 0 Å². The number of fused-ring (bicyclic) bond motifs is 2. The van der Waals surface area contributed by atoms with Gasteiger partial charge in [-0.3, -0.25) is 10.00 Å². The highest BCUT2D eigenvalue weighted by molar-refractivity contribution is 7.91. The maximum absolute atomic E-state index is 13.1. The van der Waals surface area contributed by atoms with Crippen LogP contribution in [-0.4, -0.2) is 47.6 Å². The molecule has 0 radical (unpaired) electrons. The van der Waals surface area contributed by atoms with E-state index in [-0.39, 0.29) is 24.1 Å². The number of H-pyrrole nitrogens is 1. The summed E-state index contributed by atoms with van der Waals surface area (Å²) in [5.41, 5.74) is 2.55. The quantitative estimate of drug-likeness (QED) is 0.573. The van der Waals surface area contributed by atoms with Crippen molar-refractivity contribution >= 4 is 9.84 Å². The Morgan fingerprint density at radius 1 is 1.10 bits per heavy atom. The molecule has 2 aromatic rings. The van der Waals surface area contributed by atoms with E-state index >= 15 is 0 Å². The molecule has 4 rings (SSSR count). The number of unbranched alkanes of at least 4 members (excludes halogenated alkanes) is 2. The second-order valence-electron chi connectivity index (χ2n) is 9.22. The zero-order valence-electron chi connectivity index (χ0n) is 18.9. The number of hydrogen-bond donors (Lipinski definition) is 1. The van der Waals surface area contributed by atoms with E-state index in [2.05, 4.69) is 46.3 Å². The number of rotatable bonds is 9. The predicted molar refractivity (Wildman–Crippen MR) is 122 cm³/mol. The fraction of sp³-hybridized carbons (Fsp3) is 0.625. The number of nitrogens with one attached hydrogen (secondary N) is 1. The molecule has 0 saturated carbocycles. The van der Waals surface area contributed by atoms with Crippen molar-refractivity contribution in [2.24, 2.45) is 0 Å². The number of aromatic nitrogens is 2. The van der Waals surface area contributed by atoms with Gasteiger partial charge in [-0.1, -0.05) is 31.9 Å². The minimum absolute atomic E-state index is 0.0721. The molecule has 2 aliphatic heterocycles. The van der Waals surface area contributed by atoms with Crippen LogP contribution >= 0.6 is 0 Å². The molecule has 2 fully saturated rings. The van der Waals surface area contributed by atoms with E-state index in [1.165, 1.54) is 24.8 Å². The van der Waals surface area contributed by atoms with E-state index < -0.39 is 9.84 Å². The summed E-state index contributed by atoms with van der Waals surface area (Å²) >= 11 is 0. The molecule has 31 heavy (non-hydrogen) atoms. The van der Waals surface area contributed by atoms with Gasteiger partial charge < -0.3 is 4.74 Å². The number of ether oxygens (including phenoxy) is 1. The first-order valence-corrected chi connectivity index (χ1v) is 13.3. The Morgan fingerprint density at radius 2 is 1.77 bits per heavy atom. The largest absolute Gasteiger partial charge is 0.490 e. The van der Waals surface area contributed by atoms with E-state index in [0.29, 0.717) is 16.3 Å². The Labute approximate surface area is 186 Å². The molecule has 2 saturated heterocycles. The molecule has 3 heterocycles. The van der Waals surface area contributed by atoms with Gasteiger partial charge in [0.05, 0.1) is 11.4 Å². The first-order valence-electron chi connectivity index (χ1n) is 11.6. The van der Waals surface area contributed by atoms with Crippen LogP contribution in [0.25, 0.3) is 0 Å². The molecule has 0 amide bonds. The number of sulfone groups is 1. The zero-order valence-corrected chi connectivity index (χ0v) is 19.7. The van der Waals surface area contributed by atoms with Gasteiger partial charge in [-0.25, -0.2) is 8.42 Å². The van der Waals surface area contributed by atoms with E-state index in [0.717, 1.165) is 37.9 Å². The van der Waals surface area contributed by atoms with Gasteiger partial charge in [0, 0.05) is 12.1 Å². The number of aromatic amines is 1. The van der Waals surface area contributed by atoms with Crippen LogP contribution in [0, 0.1) is 13.8 Å². The van der Waals surface area contributed by atoms with E-state index in [1.54, 1.807) is 13.8 Å².